The van der Waals surface area contributed by atoms with Crippen LogP contribution in [0.25, 0.3) is 0 Å². The number of hydrogen-bond acceptors (Lipinski definition) is 3. The van der Waals surface area contributed by atoms with Crippen LogP contribution < -0.4 is 5.32 Å². The smallest absolute Gasteiger partial charge is 0.317 e. The lowest BCUT2D eigenvalue weighted by Crippen LogP contribution is -2.54. The summed E-state index contributed by atoms with van der Waals surface area (Å²) in [5.41, 5.74) is 0. The Hall–Kier alpha value is -0.860. The number of carbonyl (C=O) groups excluding carboxylic acids is 1. The summed E-state index contributed by atoms with van der Waals surface area (Å²) in [4.78, 5) is 12.9. The van der Waals surface area contributed by atoms with Crippen molar-refractivity contribution in [2.45, 2.75) is 0 Å². The van der Waals surface area contributed by atoms with E-state index in [9.17, 15) is 13.2 Å². The molecule has 0 aromatic carbocycles. The predicted octanol–water partition coefficient (Wildman–Crippen LogP) is -1.25. The van der Waals surface area contributed by atoms with E-state index in [-0.39, 0.29) is 6.03 Å². The summed E-state index contributed by atoms with van der Waals surface area (Å²) >= 11 is 0. The quantitative estimate of drug-likeness (QED) is 0.665. The third-order valence-electron chi connectivity index (χ3n) is 2.53. The van der Waals surface area contributed by atoms with Crippen molar-refractivity contribution in [3.05, 3.63) is 0 Å². The van der Waals surface area contributed by atoms with E-state index < -0.39 is 10.2 Å². The van der Waals surface area contributed by atoms with Crippen LogP contribution in [0.2, 0.25) is 0 Å². The van der Waals surface area contributed by atoms with Gasteiger partial charge in [0.2, 0.25) is 0 Å². The van der Waals surface area contributed by atoms with Crippen LogP contribution in [-0.4, -0.2) is 75.3 Å². The van der Waals surface area contributed by atoms with Crippen molar-refractivity contribution < 1.29 is 13.2 Å². The van der Waals surface area contributed by atoms with E-state index in [1.807, 2.05) is 0 Å². The van der Waals surface area contributed by atoms with Crippen molar-refractivity contribution in [2.75, 3.05) is 47.3 Å². The molecule has 94 valence electrons. The number of nitrogens with one attached hydrogen (secondary N) is 1. The third kappa shape index (κ3) is 2.63. The molecule has 16 heavy (non-hydrogen) atoms. The van der Waals surface area contributed by atoms with Crippen LogP contribution in [0.1, 0.15) is 0 Å². The Labute approximate surface area is 96.2 Å². The third-order valence-corrected chi connectivity index (χ3v) is 4.47. The molecule has 1 aliphatic rings. The summed E-state index contributed by atoms with van der Waals surface area (Å²) in [5, 5.41) is 2.52. The van der Waals surface area contributed by atoms with E-state index in [4.69, 9.17) is 0 Å². The molecule has 0 radical (unpaired) electrons. The number of hydrogen-bond donors (Lipinski definition) is 1. The van der Waals surface area contributed by atoms with Crippen molar-refractivity contribution in [1.29, 1.82) is 0 Å². The Balaban J connectivity index is 2.59. The molecule has 0 bridgehead atoms. The maximum atomic E-state index is 11.8. The Bertz CT molecular complexity index is 346. The molecule has 0 unspecified atom stereocenters. The first kappa shape index (κ1) is 13.2. The Morgan fingerprint density at radius 1 is 1.19 bits per heavy atom. The summed E-state index contributed by atoms with van der Waals surface area (Å²) in [6.45, 7) is 1.53. The highest BCUT2D eigenvalue weighted by atomic mass is 32.2. The molecule has 0 aliphatic carbocycles. The molecule has 0 atom stereocenters. The molecule has 2 amide bonds. The molecule has 1 aliphatic heterocycles. The highest BCUT2D eigenvalue weighted by Gasteiger charge is 2.29. The van der Waals surface area contributed by atoms with Crippen LogP contribution in [0, 0.1) is 0 Å². The Morgan fingerprint density at radius 3 is 2.06 bits per heavy atom. The maximum absolute atomic E-state index is 11.8. The highest BCUT2D eigenvalue weighted by Crippen LogP contribution is 2.09. The van der Waals surface area contributed by atoms with Crippen molar-refractivity contribution in [3.8, 4) is 0 Å². The van der Waals surface area contributed by atoms with Gasteiger partial charge in [-0.05, 0) is 0 Å². The average molecular weight is 250 g/mol. The van der Waals surface area contributed by atoms with Crippen molar-refractivity contribution >= 4 is 16.2 Å². The van der Waals surface area contributed by atoms with Gasteiger partial charge in [-0.2, -0.15) is 17.0 Å². The largest absolute Gasteiger partial charge is 0.341 e. The molecule has 7 nitrogen and oxygen atoms in total. The van der Waals surface area contributed by atoms with Gasteiger partial charge in [-0.15, -0.1) is 0 Å². The lowest BCUT2D eigenvalue weighted by Gasteiger charge is -2.34. The second kappa shape index (κ2) is 4.98. The van der Waals surface area contributed by atoms with Crippen LogP contribution >= 0.6 is 0 Å². The van der Waals surface area contributed by atoms with Crippen LogP contribution in [0.4, 0.5) is 4.79 Å². The second-order valence-corrected chi connectivity index (χ2v) is 5.87. The van der Waals surface area contributed by atoms with E-state index in [0.29, 0.717) is 26.2 Å². The Kier molecular flexibility index (Phi) is 4.11. The molecular formula is C8H18N4O3S. The fourth-order valence-electron chi connectivity index (χ4n) is 1.51. The number of nitrogens with zero attached hydrogens (tertiary/aromatic N) is 3. The van der Waals surface area contributed by atoms with Crippen molar-refractivity contribution in [1.82, 2.24) is 18.8 Å². The Morgan fingerprint density at radius 2 is 1.69 bits per heavy atom. The summed E-state index contributed by atoms with van der Waals surface area (Å²) in [6, 6.07) is -0.165. The van der Waals surface area contributed by atoms with E-state index in [1.165, 1.54) is 22.7 Å². The van der Waals surface area contributed by atoms with Crippen LogP contribution in [0.5, 0.6) is 0 Å². The van der Waals surface area contributed by atoms with Crippen LogP contribution in [0.3, 0.4) is 0 Å². The normalized spacial score (nSPS) is 18.9. The number of carbonyl (C=O) groups is 1. The van der Waals surface area contributed by atoms with Gasteiger partial charge in [-0.25, -0.2) is 4.79 Å². The number of amides is 2. The minimum atomic E-state index is -3.35. The lowest BCUT2D eigenvalue weighted by molar-refractivity contribution is 0.172. The standard InChI is InChI=1S/C8H18N4O3S/c1-9-8(13)11-4-6-12(7-5-11)16(14,15)10(2)3/h4-7H2,1-3H3,(H,9,13). The fourth-order valence-corrected chi connectivity index (χ4v) is 2.60. The second-order valence-electron chi connectivity index (χ2n) is 3.73. The topological polar surface area (TPSA) is 73.0 Å². The number of urea groups is 1. The summed E-state index contributed by atoms with van der Waals surface area (Å²) < 4.78 is 26.1. The van der Waals surface area contributed by atoms with Crippen molar-refractivity contribution in [2.24, 2.45) is 0 Å². The summed E-state index contributed by atoms with van der Waals surface area (Å²) in [7, 11) is 1.21. The molecule has 1 heterocycles. The zero-order valence-electron chi connectivity index (χ0n) is 9.80. The average Bonchev–Trinajstić information content (AvgIpc) is 2.28. The van der Waals surface area contributed by atoms with E-state index in [1.54, 1.807) is 11.9 Å². The van der Waals surface area contributed by atoms with Gasteiger partial charge in [0.1, 0.15) is 0 Å². The molecule has 0 spiro atoms. The van der Waals surface area contributed by atoms with Gasteiger partial charge in [0.15, 0.2) is 0 Å². The fraction of sp³-hybridized carbons (Fsp3) is 0.875. The maximum Gasteiger partial charge on any atom is 0.317 e. The first-order valence-electron chi connectivity index (χ1n) is 5.04. The molecule has 0 saturated carbocycles. The zero-order chi connectivity index (χ0) is 12.3. The van der Waals surface area contributed by atoms with Gasteiger partial charge in [0.05, 0.1) is 0 Å². The molecule has 1 saturated heterocycles. The van der Waals surface area contributed by atoms with Crippen LogP contribution in [0.15, 0.2) is 0 Å². The molecule has 0 aromatic rings. The van der Waals surface area contributed by atoms with Gasteiger partial charge in [-0.3, -0.25) is 0 Å². The summed E-state index contributed by atoms with van der Waals surface area (Å²) in [6.07, 6.45) is 0. The van der Waals surface area contributed by atoms with E-state index in [2.05, 4.69) is 5.32 Å². The number of piperazine rings is 1. The SMILES string of the molecule is CNC(=O)N1CCN(S(=O)(=O)N(C)C)CC1. The molecule has 8 heteroatoms. The molecule has 1 fully saturated rings. The van der Waals surface area contributed by atoms with E-state index >= 15 is 0 Å². The molecular weight excluding hydrogens is 232 g/mol. The molecule has 0 aromatic heterocycles. The molecule has 1 N–H and O–H groups in total. The van der Waals surface area contributed by atoms with Gasteiger partial charge in [0.25, 0.3) is 10.2 Å². The monoisotopic (exact) mass is 250 g/mol. The minimum absolute atomic E-state index is 0.165. The highest BCUT2D eigenvalue weighted by molar-refractivity contribution is 7.86. The lowest BCUT2D eigenvalue weighted by atomic mass is 10.4. The van der Waals surface area contributed by atoms with E-state index in [0.717, 1.165) is 0 Å². The van der Waals surface area contributed by atoms with Gasteiger partial charge in [-0.1, -0.05) is 0 Å². The van der Waals surface area contributed by atoms with Gasteiger partial charge >= 0.3 is 6.03 Å². The van der Waals surface area contributed by atoms with Crippen molar-refractivity contribution in [3.63, 3.8) is 0 Å². The first-order valence-corrected chi connectivity index (χ1v) is 6.43. The number of rotatable bonds is 2. The molecule has 1 rings (SSSR count). The predicted molar refractivity (Wildman–Crippen MR) is 60.2 cm³/mol. The minimum Gasteiger partial charge on any atom is -0.341 e. The zero-order valence-corrected chi connectivity index (χ0v) is 10.6. The van der Waals surface area contributed by atoms with Crippen LogP contribution in [-0.2, 0) is 10.2 Å². The van der Waals surface area contributed by atoms with Gasteiger partial charge < -0.3 is 10.2 Å². The van der Waals surface area contributed by atoms with Gasteiger partial charge in [0, 0.05) is 47.3 Å². The summed E-state index contributed by atoms with van der Waals surface area (Å²) in [5.74, 6) is 0. The first-order chi connectivity index (χ1) is 7.39.